The lowest BCUT2D eigenvalue weighted by atomic mass is 10.2. The van der Waals surface area contributed by atoms with Gasteiger partial charge in [0.25, 0.3) is 0 Å². The van der Waals surface area contributed by atoms with Gasteiger partial charge in [0, 0.05) is 24.4 Å². The van der Waals surface area contributed by atoms with Crippen LogP contribution in [0.5, 0.6) is 11.5 Å². The van der Waals surface area contributed by atoms with Crippen molar-refractivity contribution in [3.05, 3.63) is 66.0 Å². The number of benzene rings is 2. The fourth-order valence-electron chi connectivity index (χ4n) is 2.51. The third-order valence-electron chi connectivity index (χ3n) is 3.81. The summed E-state index contributed by atoms with van der Waals surface area (Å²) >= 11 is 0. The van der Waals surface area contributed by atoms with Crippen LogP contribution in [0.15, 0.2) is 54.6 Å². The second-order valence-corrected chi connectivity index (χ2v) is 5.74. The summed E-state index contributed by atoms with van der Waals surface area (Å²) < 4.78 is 10.4. The maximum Gasteiger partial charge on any atom is 0.136 e. The number of methoxy groups -OCH3 is 2. The van der Waals surface area contributed by atoms with Gasteiger partial charge in [0.2, 0.25) is 0 Å². The normalized spacial score (nSPS) is 10.3. The molecule has 0 radical (unpaired) electrons. The van der Waals surface area contributed by atoms with Crippen molar-refractivity contribution in [3.8, 4) is 11.5 Å². The predicted molar refractivity (Wildman–Crippen MR) is 103 cm³/mol. The van der Waals surface area contributed by atoms with Crippen molar-refractivity contribution in [1.29, 1.82) is 0 Å². The van der Waals surface area contributed by atoms with Gasteiger partial charge in [0.05, 0.1) is 14.2 Å². The van der Waals surface area contributed by atoms with Crippen molar-refractivity contribution >= 4 is 17.3 Å². The molecule has 0 fully saturated rings. The SMILES string of the molecule is COc1ccc(CNc2cc(Nc3cccc(OC)c3)nc(C)n2)cc1. The van der Waals surface area contributed by atoms with Gasteiger partial charge in [-0.25, -0.2) is 9.97 Å². The number of aryl methyl sites for hydroxylation is 1. The van der Waals surface area contributed by atoms with Crippen molar-refractivity contribution in [1.82, 2.24) is 9.97 Å². The summed E-state index contributed by atoms with van der Waals surface area (Å²) in [5.41, 5.74) is 2.05. The van der Waals surface area contributed by atoms with Gasteiger partial charge in [-0.3, -0.25) is 0 Å². The van der Waals surface area contributed by atoms with Crippen molar-refractivity contribution in [2.75, 3.05) is 24.9 Å². The molecule has 0 atom stereocenters. The Balaban J connectivity index is 1.70. The second kappa shape index (κ2) is 8.20. The Kier molecular flexibility index (Phi) is 5.53. The Labute approximate surface area is 153 Å². The molecule has 2 aromatic carbocycles. The highest BCUT2D eigenvalue weighted by molar-refractivity contribution is 5.60. The molecule has 3 aromatic rings. The van der Waals surface area contributed by atoms with Crippen molar-refractivity contribution in [2.24, 2.45) is 0 Å². The van der Waals surface area contributed by atoms with E-state index < -0.39 is 0 Å². The van der Waals surface area contributed by atoms with Gasteiger partial charge in [0.15, 0.2) is 0 Å². The van der Waals surface area contributed by atoms with Gasteiger partial charge >= 0.3 is 0 Å². The maximum absolute atomic E-state index is 5.25. The van der Waals surface area contributed by atoms with E-state index in [9.17, 15) is 0 Å². The molecule has 0 saturated carbocycles. The highest BCUT2D eigenvalue weighted by Gasteiger charge is 2.04. The van der Waals surface area contributed by atoms with Crippen molar-refractivity contribution in [2.45, 2.75) is 13.5 Å². The molecule has 1 aromatic heterocycles. The highest BCUT2D eigenvalue weighted by atomic mass is 16.5. The third-order valence-corrected chi connectivity index (χ3v) is 3.81. The van der Waals surface area contributed by atoms with Crippen LogP contribution >= 0.6 is 0 Å². The Morgan fingerprint density at radius 1 is 0.846 bits per heavy atom. The van der Waals surface area contributed by atoms with Crippen LogP contribution in [-0.2, 0) is 6.54 Å². The monoisotopic (exact) mass is 350 g/mol. The molecule has 0 amide bonds. The Bertz CT molecular complexity index is 866. The smallest absolute Gasteiger partial charge is 0.136 e. The molecule has 0 aliphatic heterocycles. The van der Waals surface area contributed by atoms with Gasteiger partial charge in [0.1, 0.15) is 29.0 Å². The van der Waals surface area contributed by atoms with E-state index in [1.54, 1.807) is 14.2 Å². The zero-order chi connectivity index (χ0) is 18.4. The fourth-order valence-corrected chi connectivity index (χ4v) is 2.51. The van der Waals surface area contributed by atoms with E-state index in [1.807, 2.05) is 61.5 Å². The average molecular weight is 350 g/mol. The van der Waals surface area contributed by atoms with E-state index in [0.717, 1.165) is 34.4 Å². The zero-order valence-corrected chi connectivity index (χ0v) is 15.1. The standard InChI is InChI=1S/C20H22N4O2/c1-14-22-19(21-13-15-7-9-17(25-2)10-8-15)12-20(23-14)24-16-5-4-6-18(11-16)26-3/h4-12H,13H2,1-3H3,(H2,21,22,23,24). The molecular weight excluding hydrogens is 328 g/mol. The van der Waals surface area contributed by atoms with E-state index >= 15 is 0 Å². The molecule has 1 heterocycles. The molecule has 2 N–H and O–H groups in total. The van der Waals surface area contributed by atoms with Crippen molar-refractivity contribution < 1.29 is 9.47 Å². The molecule has 0 aliphatic carbocycles. The minimum absolute atomic E-state index is 0.666. The van der Waals surface area contributed by atoms with Gasteiger partial charge < -0.3 is 20.1 Å². The molecule has 0 spiro atoms. The number of hydrogen-bond donors (Lipinski definition) is 2. The Hall–Kier alpha value is -3.28. The molecule has 26 heavy (non-hydrogen) atoms. The molecule has 0 unspecified atom stereocenters. The van der Waals surface area contributed by atoms with Crippen LogP contribution in [0.4, 0.5) is 17.3 Å². The summed E-state index contributed by atoms with van der Waals surface area (Å²) in [5.74, 6) is 3.81. The summed E-state index contributed by atoms with van der Waals surface area (Å²) in [7, 11) is 3.31. The highest BCUT2D eigenvalue weighted by Crippen LogP contribution is 2.22. The van der Waals surface area contributed by atoms with Crippen LogP contribution in [0.3, 0.4) is 0 Å². The quantitative estimate of drug-likeness (QED) is 0.667. The number of hydrogen-bond acceptors (Lipinski definition) is 6. The summed E-state index contributed by atoms with van der Waals surface area (Å²) in [6.07, 6.45) is 0. The fraction of sp³-hybridized carbons (Fsp3) is 0.200. The van der Waals surface area contributed by atoms with Gasteiger partial charge in [-0.2, -0.15) is 0 Å². The second-order valence-electron chi connectivity index (χ2n) is 5.74. The first kappa shape index (κ1) is 17.5. The van der Waals surface area contributed by atoms with Crippen molar-refractivity contribution in [3.63, 3.8) is 0 Å². The molecule has 3 rings (SSSR count). The zero-order valence-electron chi connectivity index (χ0n) is 15.1. The van der Waals surface area contributed by atoms with Gasteiger partial charge in [-0.05, 0) is 36.8 Å². The third kappa shape index (κ3) is 4.63. The summed E-state index contributed by atoms with van der Waals surface area (Å²) in [6.45, 7) is 2.54. The Morgan fingerprint density at radius 3 is 2.31 bits per heavy atom. The first-order valence-electron chi connectivity index (χ1n) is 8.30. The molecule has 0 bridgehead atoms. The van der Waals surface area contributed by atoms with Crippen LogP contribution in [0.1, 0.15) is 11.4 Å². The lowest BCUT2D eigenvalue weighted by molar-refractivity contribution is 0.414. The van der Waals surface area contributed by atoms with E-state index in [0.29, 0.717) is 12.4 Å². The average Bonchev–Trinajstić information content (AvgIpc) is 2.66. The van der Waals surface area contributed by atoms with E-state index in [4.69, 9.17) is 9.47 Å². The number of aromatic nitrogens is 2. The van der Waals surface area contributed by atoms with Gasteiger partial charge in [-0.15, -0.1) is 0 Å². The first-order chi connectivity index (χ1) is 12.7. The topological polar surface area (TPSA) is 68.3 Å². The lowest BCUT2D eigenvalue weighted by Crippen LogP contribution is -2.05. The van der Waals surface area contributed by atoms with Crippen LogP contribution in [0, 0.1) is 6.92 Å². The molecule has 0 aliphatic rings. The largest absolute Gasteiger partial charge is 0.497 e. The van der Waals surface area contributed by atoms with E-state index in [-0.39, 0.29) is 0 Å². The molecule has 134 valence electrons. The first-order valence-corrected chi connectivity index (χ1v) is 8.30. The minimum atomic E-state index is 0.666. The maximum atomic E-state index is 5.25. The predicted octanol–water partition coefficient (Wildman–Crippen LogP) is 4.16. The molecule has 0 saturated heterocycles. The number of anilines is 3. The molecule has 6 heteroatoms. The van der Waals surface area contributed by atoms with Crippen LogP contribution in [-0.4, -0.2) is 24.2 Å². The number of ether oxygens (including phenoxy) is 2. The number of rotatable bonds is 7. The van der Waals surface area contributed by atoms with E-state index in [2.05, 4.69) is 20.6 Å². The van der Waals surface area contributed by atoms with Crippen LogP contribution in [0.2, 0.25) is 0 Å². The number of nitrogens with zero attached hydrogens (tertiary/aromatic N) is 2. The van der Waals surface area contributed by atoms with Crippen LogP contribution in [0.25, 0.3) is 0 Å². The number of nitrogens with one attached hydrogen (secondary N) is 2. The summed E-state index contributed by atoms with van der Waals surface area (Å²) in [4.78, 5) is 8.89. The molecular formula is C20H22N4O2. The lowest BCUT2D eigenvalue weighted by Gasteiger charge is -2.11. The Morgan fingerprint density at radius 2 is 1.58 bits per heavy atom. The summed E-state index contributed by atoms with van der Waals surface area (Å²) in [5, 5.41) is 6.62. The van der Waals surface area contributed by atoms with Gasteiger partial charge in [-0.1, -0.05) is 18.2 Å². The van der Waals surface area contributed by atoms with E-state index in [1.165, 1.54) is 0 Å². The summed E-state index contributed by atoms with van der Waals surface area (Å²) in [6, 6.07) is 17.5. The van der Waals surface area contributed by atoms with Crippen LogP contribution < -0.4 is 20.1 Å². The molecule has 6 nitrogen and oxygen atoms in total. The minimum Gasteiger partial charge on any atom is -0.497 e.